The molecule has 4 heteroatoms. The third-order valence-electron chi connectivity index (χ3n) is 5.08. The van der Waals surface area contributed by atoms with Gasteiger partial charge in [-0.15, -0.1) is 0 Å². The lowest BCUT2D eigenvalue weighted by Crippen LogP contribution is -2.27. The molecule has 1 aliphatic carbocycles. The fourth-order valence-electron chi connectivity index (χ4n) is 3.82. The smallest absolute Gasteiger partial charge is 0.103 e. The van der Waals surface area contributed by atoms with Crippen molar-refractivity contribution in [3.8, 4) is 6.07 Å². The molecule has 4 rings (SSSR count). The maximum absolute atomic E-state index is 9.35. The van der Waals surface area contributed by atoms with Gasteiger partial charge < -0.3 is 4.90 Å². The summed E-state index contributed by atoms with van der Waals surface area (Å²) >= 11 is 3.56. The predicted molar refractivity (Wildman–Crippen MR) is 89.8 cm³/mol. The van der Waals surface area contributed by atoms with Crippen LogP contribution in [-0.4, -0.2) is 18.1 Å². The van der Waals surface area contributed by atoms with E-state index >= 15 is 0 Å². The van der Waals surface area contributed by atoms with E-state index in [1.54, 1.807) is 12.4 Å². The maximum Gasteiger partial charge on any atom is 0.103 e. The Balaban J connectivity index is 1.67. The molecule has 1 aromatic carbocycles. The number of rotatable bonds is 2. The third-order valence-corrected chi connectivity index (χ3v) is 5.66. The van der Waals surface area contributed by atoms with Gasteiger partial charge in [0.1, 0.15) is 6.07 Å². The quantitative estimate of drug-likeness (QED) is 0.824. The zero-order chi connectivity index (χ0) is 15.3. The molecule has 1 saturated heterocycles. The Labute approximate surface area is 138 Å². The van der Waals surface area contributed by atoms with Gasteiger partial charge in [-0.05, 0) is 40.8 Å². The maximum atomic E-state index is 9.35. The summed E-state index contributed by atoms with van der Waals surface area (Å²) < 4.78 is 0.909. The van der Waals surface area contributed by atoms with Gasteiger partial charge >= 0.3 is 0 Å². The SMILES string of the molecule is Cc1ccc(C23CC2CN(c2c(Br)cncc2C#N)C3)cc1. The number of pyridine rings is 1. The molecule has 0 N–H and O–H groups in total. The first-order valence-electron chi connectivity index (χ1n) is 7.50. The lowest BCUT2D eigenvalue weighted by atomic mass is 9.94. The Bertz CT molecular complexity index is 778. The van der Waals surface area contributed by atoms with E-state index in [0.29, 0.717) is 11.5 Å². The number of halogens is 1. The van der Waals surface area contributed by atoms with Crippen LogP contribution in [0.15, 0.2) is 41.1 Å². The molecule has 0 bridgehead atoms. The number of anilines is 1. The number of benzene rings is 1. The number of nitrogens with zero attached hydrogens (tertiary/aromatic N) is 3. The Morgan fingerprint density at radius 3 is 2.82 bits per heavy atom. The highest BCUT2D eigenvalue weighted by Crippen LogP contribution is 2.60. The molecular weight excluding hydrogens is 338 g/mol. The van der Waals surface area contributed by atoms with Crippen LogP contribution >= 0.6 is 15.9 Å². The fraction of sp³-hybridized carbons (Fsp3) is 0.333. The molecule has 2 atom stereocenters. The number of hydrogen-bond donors (Lipinski definition) is 0. The van der Waals surface area contributed by atoms with Crippen LogP contribution in [0, 0.1) is 24.2 Å². The van der Waals surface area contributed by atoms with Crippen molar-refractivity contribution in [3.05, 3.63) is 57.8 Å². The van der Waals surface area contributed by atoms with Gasteiger partial charge in [0.2, 0.25) is 0 Å². The minimum absolute atomic E-state index is 0.281. The van der Waals surface area contributed by atoms with Gasteiger partial charge in [-0.25, -0.2) is 0 Å². The average Bonchev–Trinajstić information content (AvgIpc) is 3.09. The highest BCUT2D eigenvalue weighted by atomic mass is 79.9. The summed E-state index contributed by atoms with van der Waals surface area (Å²) in [7, 11) is 0. The first-order chi connectivity index (χ1) is 10.6. The van der Waals surface area contributed by atoms with Gasteiger partial charge in [-0.1, -0.05) is 29.8 Å². The highest BCUT2D eigenvalue weighted by molar-refractivity contribution is 9.10. The molecule has 0 spiro atoms. The molecule has 2 aliphatic rings. The summed E-state index contributed by atoms with van der Waals surface area (Å²) in [5, 5.41) is 9.35. The zero-order valence-corrected chi connectivity index (χ0v) is 14.0. The van der Waals surface area contributed by atoms with E-state index in [-0.39, 0.29) is 5.41 Å². The van der Waals surface area contributed by atoms with E-state index < -0.39 is 0 Å². The largest absolute Gasteiger partial charge is 0.368 e. The molecule has 1 saturated carbocycles. The van der Waals surface area contributed by atoms with Gasteiger partial charge in [-0.2, -0.15) is 5.26 Å². The van der Waals surface area contributed by atoms with Crippen molar-refractivity contribution >= 4 is 21.6 Å². The van der Waals surface area contributed by atoms with E-state index in [1.807, 2.05) is 0 Å². The zero-order valence-electron chi connectivity index (χ0n) is 12.4. The third kappa shape index (κ3) is 1.96. The monoisotopic (exact) mass is 353 g/mol. The van der Waals surface area contributed by atoms with Crippen LogP contribution in [0.3, 0.4) is 0 Å². The summed E-state index contributed by atoms with van der Waals surface area (Å²) in [6.07, 6.45) is 4.69. The topological polar surface area (TPSA) is 39.9 Å². The molecule has 0 amide bonds. The van der Waals surface area contributed by atoms with Crippen molar-refractivity contribution in [2.45, 2.75) is 18.8 Å². The molecule has 110 valence electrons. The lowest BCUT2D eigenvalue weighted by Gasteiger charge is -2.25. The Morgan fingerprint density at radius 1 is 1.32 bits per heavy atom. The van der Waals surface area contributed by atoms with Gasteiger partial charge in [0.05, 0.1) is 15.7 Å². The number of aryl methyl sites for hydroxylation is 1. The molecule has 22 heavy (non-hydrogen) atoms. The Kier molecular flexibility index (Phi) is 3.02. The van der Waals surface area contributed by atoms with Crippen LogP contribution < -0.4 is 4.90 Å². The van der Waals surface area contributed by atoms with Crippen molar-refractivity contribution in [2.24, 2.45) is 5.92 Å². The number of hydrogen-bond acceptors (Lipinski definition) is 3. The molecule has 1 aliphatic heterocycles. The molecular formula is C18H16BrN3. The second kappa shape index (κ2) is 4.82. The van der Waals surface area contributed by atoms with Crippen LogP contribution in [0.25, 0.3) is 0 Å². The average molecular weight is 354 g/mol. The fourth-order valence-corrected chi connectivity index (χ4v) is 4.40. The van der Waals surface area contributed by atoms with Crippen molar-refractivity contribution in [1.82, 2.24) is 4.98 Å². The summed E-state index contributed by atoms with van der Waals surface area (Å²) in [6, 6.07) is 11.2. The first-order valence-corrected chi connectivity index (χ1v) is 8.29. The van der Waals surface area contributed by atoms with Crippen molar-refractivity contribution in [3.63, 3.8) is 0 Å². The van der Waals surface area contributed by atoms with Crippen LogP contribution in [0.4, 0.5) is 5.69 Å². The predicted octanol–water partition coefficient (Wildman–Crippen LogP) is 3.80. The molecule has 3 nitrogen and oxygen atoms in total. The lowest BCUT2D eigenvalue weighted by molar-refractivity contribution is 0.715. The second-order valence-electron chi connectivity index (χ2n) is 6.43. The summed E-state index contributed by atoms with van der Waals surface area (Å²) in [5.41, 5.74) is 4.67. The molecule has 2 unspecified atom stereocenters. The molecule has 1 aromatic heterocycles. The Morgan fingerprint density at radius 2 is 2.09 bits per heavy atom. The van der Waals surface area contributed by atoms with Crippen LogP contribution in [-0.2, 0) is 5.41 Å². The van der Waals surface area contributed by atoms with E-state index in [2.05, 4.69) is 63.1 Å². The van der Waals surface area contributed by atoms with Gasteiger partial charge in [0.25, 0.3) is 0 Å². The minimum atomic E-state index is 0.281. The standard InChI is InChI=1S/C18H16BrN3/c1-12-2-4-14(5-3-12)18-6-15(18)10-22(11-18)17-13(7-20)8-21-9-16(17)19/h2-5,8-9,15H,6,10-11H2,1H3. The number of piperidine rings is 1. The normalized spacial score (nSPS) is 25.7. The van der Waals surface area contributed by atoms with E-state index in [0.717, 1.165) is 23.2 Å². The van der Waals surface area contributed by atoms with Crippen LogP contribution in [0.5, 0.6) is 0 Å². The van der Waals surface area contributed by atoms with E-state index in [4.69, 9.17) is 0 Å². The van der Waals surface area contributed by atoms with Gasteiger partial charge in [0, 0.05) is 30.9 Å². The van der Waals surface area contributed by atoms with E-state index in [1.165, 1.54) is 17.5 Å². The molecule has 2 aromatic rings. The van der Waals surface area contributed by atoms with E-state index in [9.17, 15) is 5.26 Å². The first kappa shape index (κ1) is 13.8. The number of nitriles is 1. The summed E-state index contributed by atoms with van der Waals surface area (Å²) in [5.74, 6) is 0.696. The van der Waals surface area contributed by atoms with Gasteiger partial charge in [-0.3, -0.25) is 4.98 Å². The minimum Gasteiger partial charge on any atom is -0.368 e. The summed E-state index contributed by atoms with van der Waals surface area (Å²) in [6.45, 7) is 4.13. The molecule has 2 heterocycles. The van der Waals surface area contributed by atoms with Crippen molar-refractivity contribution < 1.29 is 0 Å². The molecule has 2 fully saturated rings. The van der Waals surface area contributed by atoms with Crippen LogP contribution in [0.2, 0.25) is 0 Å². The van der Waals surface area contributed by atoms with Crippen molar-refractivity contribution in [2.75, 3.05) is 18.0 Å². The van der Waals surface area contributed by atoms with Crippen LogP contribution in [0.1, 0.15) is 23.1 Å². The summed E-state index contributed by atoms with van der Waals surface area (Å²) in [4.78, 5) is 6.45. The number of fused-ring (bicyclic) bond motifs is 1. The highest BCUT2D eigenvalue weighted by Gasteiger charge is 2.61. The molecule has 0 radical (unpaired) electrons. The Hall–Kier alpha value is -1.86. The number of aromatic nitrogens is 1. The van der Waals surface area contributed by atoms with Gasteiger partial charge in [0.15, 0.2) is 0 Å². The van der Waals surface area contributed by atoms with Crippen molar-refractivity contribution in [1.29, 1.82) is 5.26 Å². The second-order valence-corrected chi connectivity index (χ2v) is 7.29.